The molecule has 1 aliphatic rings. The summed E-state index contributed by atoms with van der Waals surface area (Å²) < 4.78 is 0. The number of fused-ring (bicyclic) bond motifs is 1. The Labute approximate surface area is 135 Å². The Hall–Kier alpha value is -2.95. The summed E-state index contributed by atoms with van der Waals surface area (Å²) in [6, 6.07) is 14.3. The molecule has 0 saturated carbocycles. The van der Waals surface area contributed by atoms with Gasteiger partial charge in [0, 0.05) is 37.4 Å². The number of nitrogens with zero attached hydrogens (tertiary/aromatic N) is 4. The van der Waals surface area contributed by atoms with E-state index in [0.717, 1.165) is 30.3 Å². The maximum absolute atomic E-state index is 4.65. The van der Waals surface area contributed by atoms with Crippen molar-refractivity contribution in [3.63, 3.8) is 0 Å². The van der Waals surface area contributed by atoms with E-state index in [4.69, 9.17) is 0 Å². The first kappa shape index (κ1) is 13.7. The molecule has 5 heteroatoms. The van der Waals surface area contributed by atoms with Crippen LogP contribution in [-0.4, -0.2) is 21.5 Å². The maximum Gasteiger partial charge on any atom is 0.231 e. The third kappa shape index (κ3) is 2.85. The zero-order chi connectivity index (χ0) is 15.5. The van der Waals surface area contributed by atoms with Crippen molar-refractivity contribution in [2.24, 2.45) is 0 Å². The maximum atomic E-state index is 4.65. The summed E-state index contributed by atoms with van der Waals surface area (Å²) >= 11 is 0. The lowest BCUT2D eigenvalue weighted by molar-refractivity contribution is 0.936. The van der Waals surface area contributed by atoms with Gasteiger partial charge in [0.1, 0.15) is 5.82 Å². The Kier molecular flexibility index (Phi) is 3.60. The van der Waals surface area contributed by atoms with Crippen molar-refractivity contribution >= 4 is 17.5 Å². The first-order valence-electron chi connectivity index (χ1n) is 7.71. The monoisotopic (exact) mass is 303 g/mol. The number of hydrogen-bond acceptors (Lipinski definition) is 5. The molecule has 0 saturated heterocycles. The van der Waals surface area contributed by atoms with Gasteiger partial charge in [-0.1, -0.05) is 24.3 Å². The topological polar surface area (TPSA) is 53.9 Å². The lowest BCUT2D eigenvalue weighted by Gasteiger charge is -2.17. The van der Waals surface area contributed by atoms with Gasteiger partial charge in [-0.3, -0.25) is 4.98 Å². The van der Waals surface area contributed by atoms with Crippen LogP contribution >= 0.6 is 0 Å². The van der Waals surface area contributed by atoms with Crippen molar-refractivity contribution in [1.82, 2.24) is 15.0 Å². The quantitative estimate of drug-likeness (QED) is 0.802. The van der Waals surface area contributed by atoms with Crippen LogP contribution in [0.15, 0.2) is 61.1 Å². The smallest absolute Gasteiger partial charge is 0.231 e. The van der Waals surface area contributed by atoms with Crippen LogP contribution in [0.25, 0.3) is 0 Å². The molecule has 1 aromatic carbocycles. The third-order valence-electron chi connectivity index (χ3n) is 3.97. The molecule has 2 aromatic heterocycles. The van der Waals surface area contributed by atoms with Gasteiger partial charge in [-0.15, -0.1) is 0 Å². The zero-order valence-electron chi connectivity index (χ0n) is 12.7. The third-order valence-corrected chi connectivity index (χ3v) is 3.97. The summed E-state index contributed by atoms with van der Waals surface area (Å²) in [5, 5.41) is 3.33. The van der Waals surface area contributed by atoms with E-state index in [0.29, 0.717) is 6.54 Å². The second kappa shape index (κ2) is 6.04. The van der Waals surface area contributed by atoms with Gasteiger partial charge in [0.05, 0.1) is 0 Å². The van der Waals surface area contributed by atoms with E-state index in [-0.39, 0.29) is 0 Å². The van der Waals surface area contributed by atoms with E-state index in [1.165, 1.54) is 11.3 Å². The number of hydrogen-bond donors (Lipinski definition) is 1. The molecule has 23 heavy (non-hydrogen) atoms. The molecule has 4 rings (SSSR count). The van der Waals surface area contributed by atoms with Crippen molar-refractivity contribution in [3.05, 3.63) is 72.2 Å². The van der Waals surface area contributed by atoms with Gasteiger partial charge in [0.2, 0.25) is 5.95 Å². The summed E-state index contributed by atoms with van der Waals surface area (Å²) in [5.41, 5.74) is 3.68. The highest BCUT2D eigenvalue weighted by Crippen LogP contribution is 2.32. The van der Waals surface area contributed by atoms with E-state index in [9.17, 15) is 0 Å². The summed E-state index contributed by atoms with van der Waals surface area (Å²) in [6.45, 7) is 1.62. The van der Waals surface area contributed by atoms with Crippen LogP contribution in [0, 0.1) is 0 Å². The number of rotatable bonds is 4. The Bertz CT molecular complexity index is 803. The van der Waals surface area contributed by atoms with Crippen molar-refractivity contribution in [1.29, 1.82) is 0 Å². The minimum absolute atomic E-state index is 0.695. The first-order chi connectivity index (χ1) is 11.4. The number of pyridine rings is 1. The van der Waals surface area contributed by atoms with Crippen LogP contribution in [0.2, 0.25) is 0 Å². The second-order valence-electron chi connectivity index (χ2n) is 5.49. The second-order valence-corrected chi connectivity index (χ2v) is 5.49. The molecule has 1 aliphatic heterocycles. The van der Waals surface area contributed by atoms with Crippen LogP contribution < -0.4 is 10.2 Å². The Morgan fingerprint density at radius 1 is 1.04 bits per heavy atom. The Morgan fingerprint density at radius 2 is 2.00 bits per heavy atom. The van der Waals surface area contributed by atoms with E-state index in [1.807, 2.05) is 24.4 Å². The van der Waals surface area contributed by atoms with E-state index in [2.05, 4.69) is 49.4 Å². The van der Waals surface area contributed by atoms with Crippen LogP contribution in [0.3, 0.4) is 0 Å². The molecule has 0 radical (unpaired) electrons. The highest BCUT2D eigenvalue weighted by atomic mass is 15.3. The number of anilines is 3. The standard InChI is InChI=1S/C18H17N5/c1-2-6-16-15(5-1)8-11-23(16)18-20-10-7-17(22-18)21-13-14-4-3-9-19-12-14/h1-7,9-10,12H,8,11,13H2,(H,20,21,22). The van der Waals surface area contributed by atoms with Gasteiger partial charge in [-0.2, -0.15) is 4.98 Å². The minimum Gasteiger partial charge on any atom is -0.366 e. The van der Waals surface area contributed by atoms with Crippen molar-refractivity contribution in [2.75, 3.05) is 16.8 Å². The summed E-state index contributed by atoms with van der Waals surface area (Å²) in [7, 11) is 0. The fourth-order valence-corrected chi connectivity index (χ4v) is 2.82. The van der Waals surface area contributed by atoms with Gasteiger partial charge in [-0.05, 0) is 35.7 Å². The van der Waals surface area contributed by atoms with Gasteiger partial charge in [-0.25, -0.2) is 4.98 Å². The molecule has 0 aliphatic carbocycles. The minimum atomic E-state index is 0.695. The van der Waals surface area contributed by atoms with E-state index in [1.54, 1.807) is 12.4 Å². The molecule has 3 heterocycles. The highest BCUT2D eigenvalue weighted by molar-refractivity contribution is 5.66. The number of para-hydroxylation sites is 1. The number of aromatic nitrogens is 3. The molecule has 3 aromatic rings. The fraction of sp³-hybridized carbons (Fsp3) is 0.167. The molecule has 0 amide bonds. The Morgan fingerprint density at radius 3 is 2.91 bits per heavy atom. The zero-order valence-corrected chi connectivity index (χ0v) is 12.7. The normalized spacial score (nSPS) is 13.0. The number of benzene rings is 1. The van der Waals surface area contributed by atoms with Crippen LogP contribution in [0.5, 0.6) is 0 Å². The molecule has 0 spiro atoms. The predicted molar refractivity (Wildman–Crippen MR) is 90.7 cm³/mol. The summed E-state index contributed by atoms with van der Waals surface area (Å²) in [5.74, 6) is 1.56. The largest absolute Gasteiger partial charge is 0.366 e. The van der Waals surface area contributed by atoms with Crippen molar-refractivity contribution < 1.29 is 0 Å². The summed E-state index contributed by atoms with van der Waals surface area (Å²) in [6.07, 6.45) is 6.46. The van der Waals surface area contributed by atoms with Gasteiger partial charge >= 0.3 is 0 Å². The summed E-state index contributed by atoms with van der Waals surface area (Å²) in [4.78, 5) is 15.4. The molecule has 1 N–H and O–H groups in total. The lowest BCUT2D eigenvalue weighted by atomic mass is 10.2. The molecule has 5 nitrogen and oxygen atoms in total. The predicted octanol–water partition coefficient (Wildman–Crippen LogP) is 3.18. The molecule has 0 bridgehead atoms. The molecule has 0 fully saturated rings. The average Bonchev–Trinajstić information content (AvgIpc) is 3.05. The average molecular weight is 303 g/mol. The molecular formula is C18H17N5. The van der Waals surface area contributed by atoms with Crippen LogP contribution in [-0.2, 0) is 13.0 Å². The van der Waals surface area contributed by atoms with Crippen LogP contribution in [0.4, 0.5) is 17.5 Å². The van der Waals surface area contributed by atoms with Gasteiger partial charge in [0.25, 0.3) is 0 Å². The highest BCUT2D eigenvalue weighted by Gasteiger charge is 2.21. The van der Waals surface area contributed by atoms with Gasteiger partial charge < -0.3 is 10.2 Å². The van der Waals surface area contributed by atoms with Crippen LogP contribution in [0.1, 0.15) is 11.1 Å². The van der Waals surface area contributed by atoms with Crippen molar-refractivity contribution in [3.8, 4) is 0 Å². The molecular weight excluding hydrogens is 286 g/mol. The lowest BCUT2D eigenvalue weighted by Crippen LogP contribution is -2.17. The van der Waals surface area contributed by atoms with E-state index >= 15 is 0 Å². The molecule has 0 atom stereocenters. The SMILES string of the molecule is c1cncc(CNc2ccnc(N3CCc4ccccc43)n2)c1. The van der Waals surface area contributed by atoms with Crippen molar-refractivity contribution in [2.45, 2.75) is 13.0 Å². The molecule has 0 unspecified atom stereocenters. The Balaban J connectivity index is 1.53. The fourth-order valence-electron chi connectivity index (χ4n) is 2.82. The van der Waals surface area contributed by atoms with Gasteiger partial charge in [0.15, 0.2) is 0 Å². The number of nitrogens with one attached hydrogen (secondary N) is 1. The molecule has 114 valence electrons. The first-order valence-corrected chi connectivity index (χ1v) is 7.71. The van der Waals surface area contributed by atoms with E-state index < -0.39 is 0 Å².